The van der Waals surface area contributed by atoms with Crippen LogP contribution in [-0.4, -0.2) is 73.4 Å². The van der Waals surface area contributed by atoms with Crippen molar-refractivity contribution in [2.24, 2.45) is 0 Å². The largest absolute Gasteiger partial charge is 0.313 e. The zero-order valence-electron chi connectivity index (χ0n) is 10.00. The van der Waals surface area contributed by atoms with Crippen LogP contribution in [-0.2, 0) is 19.8 Å². The summed E-state index contributed by atoms with van der Waals surface area (Å²) in [6.45, 7) is -1.94. The zero-order chi connectivity index (χ0) is 15.7. The Morgan fingerprint density at radius 1 is 0.619 bits per heavy atom. The maximum Gasteiger partial charge on any atom is 0.313 e. The maximum atomic E-state index is 9.94. The van der Waals surface area contributed by atoms with Gasteiger partial charge in [0.2, 0.25) is 0 Å². The van der Waals surface area contributed by atoms with Crippen molar-refractivity contribution in [3.8, 4) is 0 Å². The molecule has 115 valence electrons. The van der Waals surface area contributed by atoms with Crippen LogP contribution >= 0.6 is 0 Å². The number of nitrogens with zero attached hydrogens (tertiary/aromatic N) is 6. The second-order valence-corrected chi connectivity index (χ2v) is 2.33. The standard InChI is InChI=1S/C2H4N6O12.Na/c9-5(10)17-3(18-6(11)12)1-2-4(19-7(13)14)20-8(15)16;/h1-2H2;. The summed E-state index contributed by atoms with van der Waals surface area (Å²) in [6, 6.07) is 0. The summed E-state index contributed by atoms with van der Waals surface area (Å²) in [5.41, 5.74) is 0. The first-order valence-corrected chi connectivity index (χ1v) is 4.05. The molecule has 0 aromatic heterocycles. The maximum absolute atomic E-state index is 9.94. The van der Waals surface area contributed by atoms with Crippen molar-refractivity contribution < 1.29 is 40.1 Å². The van der Waals surface area contributed by atoms with Gasteiger partial charge < -0.3 is 0 Å². The molecule has 0 aromatic carbocycles. The van der Waals surface area contributed by atoms with Gasteiger partial charge in [-0.3, -0.25) is 0 Å². The van der Waals surface area contributed by atoms with Gasteiger partial charge in [-0.15, -0.1) is 40.5 Å². The molecule has 0 saturated heterocycles. The van der Waals surface area contributed by atoms with E-state index >= 15 is 0 Å². The molecule has 0 bridgehead atoms. The Hall–Kier alpha value is -2.28. The molecule has 0 fully saturated rings. The smallest absolute Gasteiger partial charge is 0.191 e. The van der Waals surface area contributed by atoms with E-state index in [9.17, 15) is 40.5 Å². The van der Waals surface area contributed by atoms with Crippen molar-refractivity contribution in [1.82, 2.24) is 10.5 Å². The fraction of sp³-hybridized carbons (Fsp3) is 1.00. The van der Waals surface area contributed by atoms with Crippen LogP contribution in [0.3, 0.4) is 0 Å². The molecule has 0 rings (SSSR count). The molecule has 0 aromatic rings. The minimum atomic E-state index is -1.50. The molecule has 0 saturated carbocycles. The van der Waals surface area contributed by atoms with Gasteiger partial charge in [0.15, 0.2) is 0 Å². The molecule has 18 nitrogen and oxygen atoms in total. The van der Waals surface area contributed by atoms with E-state index < -0.39 is 33.4 Å². The van der Waals surface area contributed by atoms with Gasteiger partial charge in [0.1, 0.15) is 0 Å². The van der Waals surface area contributed by atoms with Gasteiger partial charge in [0.25, 0.3) is 0 Å². The van der Waals surface area contributed by atoms with Crippen LogP contribution in [0.5, 0.6) is 0 Å². The molecule has 0 amide bonds. The fourth-order valence-electron chi connectivity index (χ4n) is 0.654. The molecule has 1 radical (unpaired) electrons. The molecule has 0 N–H and O–H groups in total. The van der Waals surface area contributed by atoms with Crippen molar-refractivity contribution in [3.05, 3.63) is 40.5 Å². The molecule has 0 unspecified atom stereocenters. The predicted molar refractivity (Wildman–Crippen MR) is 51.5 cm³/mol. The van der Waals surface area contributed by atoms with E-state index in [0.29, 0.717) is 0 Å². The quantitative estimate of drug-likeness (QED) is 0.221. The summed E-state index contributed by atoms with van der Waals surface area (Å²) in [6.07, 6.45) is 0. The number of rotatable bonds is 11. The second kappa shape index (κ2) is 10.5. The van der Waals surface area contributed by atoms with Crippen LogP contribution in [0.4, 0.5) is 0 Å². The first kappa shape index (κ1) is 21.0. The molecular weight excluding hydrogens is 323 g/mol. The summed E-state index contributed by atoms with van der Waals surface area (Å²) in [4.78, 5) is 53.9. The Labute approximate surface area is 134 Å². The van der Waals surface area contributed by atoms with E-state index in [1.807, 2.05) is 0 Å². The average molecular weight is 327 g/mol. The second-order valence-electron chi connectivity index (χ2n) is 2.33. The number of hydrogen-bond donors (Lipinski definition) is 0. The topological polar surface area (TPSA) is 216 Å². The summed E-state index contributed by atoms with van der Waals surface area (Å²) >= 11 is 0. The third-order valence-electron chi connectivity index (χ3n) is 1.10. The van der Waals surface area contributed by atoms with E-state index in [-0.39, 0.29) is 40.0 Å². The van der Waals surface area contributed by atoms with E-state index in [1.165, 1.54) is 0 Å². The van der Waals surface area contributed by atoms with Gasteiger partial charge in [-0.1, -0.05) is 0 Å². The first-order valence-electron chi connectivity index (χ1n) is 4.05. The van der Waals surface area contributed by atoms with Crippen LogP contribution in [0.2, 0.25) is 0 Å². The molecule has 21 heavy (non-hydrogen) atoms. The van der Waals surface area contributed by atoms with Crippen LogP contribution in [0.1, 0.15) is 0 Å². The van der Waals surface area contributed by atoms with Crippen LogP contribution < -0.4 is 0 Å². The molecule has 0 spiro atoms. The molecule has 0 atom stereocenters. The van der Waals surface area contributed by atoms with Gasteiger partial charge in [-0.05, 0) is 0 Å². The summed E-state index contributed by atoms with van der Waals surface area (Å²) in [5, 5.41) is 33.0. The Morgan fingerprint density at radius 3 is 0.952 bits per heavy atom. The van der Waals surface area contributed by atoms with Crippen LogP contribution in [0.25, 0.3) is 0 Å². The van der Waals surface area contributed by atoms with Crippen LogP contribution in [0.15, 0.2) is 0 Å². The molecular formula is C2H4N6NaO12. The van der Waals surface area contributed by atoms with E-state index in [0.717, 1.165) is 0 Å². The van der Waals surface area contributed by atoms with Gasteiger partial charge in [-0.2, -0.15) is 19.8 Å². The van der Waals surface area contributed by atoms with Gasteiger partial charge in [-0.25, -0.2) is 0 Å². The first-order chi connectivity index (χ1) is 9.20. The Balaban J connectivity index is 0. The zero-order valence-corrected chi connectivity index (χ0v) is 12.0. The van der Waals surface area contributed by atoms with Gasteiger partial charge in [0, 0.05) is 40.0 Å². The predicted octanol–water partition coefficient (Wildman–Crippen LogP) is -2.30. The SMILES string of the molecule is O=[N+]([O-])ON(CCN(O[N+](=O)[O-])O[N+](=O)[O-])O[N+](=O)[O-].[Na]. The van der Waals surface area contributed by atoms with Crippen molar-refractivity contribution in [1.29, 1.82) is 0 Å². The normalized spacial score (nSPS) is 9.43. The third kappa shape index (κ3) is 12.5. The summed E-state index contributed by atoms with van der Waals surface area (Å²) in [5.74, 6) is 0. The summed E-state index contributed by atoms with van der Waals surface area (Å²) < 4.78 is 0. The van der Waals surface area contributed by atoms with Gasteiger partial charge >= 0.3 is 20.3 Å². The van der Waals surface area contributed by atoms with E-state index in [4.69, 9.17) is 0 Å². The number of hydroxylamine groups is 4. The number of hydrogen-bond acceptors (Lipinski definition) is 14. The van der Waals surface area contributed by atoms with Crippen molar-refractivity contribution in [2.75, 3.05) is 13.1 Å². The molecule has 0 aliphatic carbocycles. The average Bonchev–Trinajstić information content (AvgIpc) is 2.22. The third-order valence-corrected chi connectivity index (χ3v) is 1.10. The van der Waals surface area contributed by atoms with Crippen LogP contribution in [0, 0.1) is 40.5 Å². The monoisotopic (exact) mass is 327 g/mol. The molecule has 0 heterocycles. The van der Waals surface area contributed by atoms with Gasteiger partial charge in [0.05, 0.1) is 13.1 Å². The Morgan fingerprint density at radius 2 is 0.810 bits per heavy atom. The van der Waals surface area contributed by atoms with E-state index in [2.05, 4.69) is 19.8 Å². The Kier molecular flexibility index (Phi) is 10.5. The molecule has 19 heteroatoms. The summed E-state index contributed by atoms with van der Waals surface area (Å²) in [7, 11) is 0. The fourth-order valence-corrected chi connectivity index (χ4v) is 0.654. The Bertz CT molecular complexity index is 320. The van der Waals surface area contributed by atoms with Crippen molar-refractivity contribution in [2.45, 2.75) is 0 Å². The minimum absolute atomic E-state index is 0. The molecule has 0 aliphatic heterocycles. The van der Waals surface area contributed by atoms with Crippen molar-refractivity contribution in [3.63, 3.8) is 0 Å². The van der Waals surface area contributed by atoms with Crippen molar-refractivity contribution >= 4 is 29.6 Å². The molecule has 0 aliphatic rings. The minimum Gasteiger partial charge on any atom is -0.191 e. The van der Waals surface area contributed by atoms with E-state index in [1.54, 1.807) is 0 Å².